The molecule has 1 atom stereocenters. The number of hydrogen-bond acceptors (Lipinski definition) is 5. The van der Waals surface area contributed by atoms with Crippen molar-refractivity contribution in [2.75, 3.05) is 13.2 Å². The third-order valence-corrected chi connectivity index (χ3v) is 3.45. The number of carbonyl (C=O) groups excluding carboxylic acids is 2. The predicted molar refractivity (Wildman–Crippen MR) is 62.8 cm³/mol. The van der Waals surface area contributed by atoms with Gasteiger partial charge in [-0.25, -0.2) is 4.79 Å². The summed E-state index contributed by atoms with van der Waals surface area (Å²) in [6.07, 6.45) is 1.76. The van der Waals surface area contributed by atoms with Crippen molar-refractivity contribution in [2.24, 2.45) is 0 Å². The molecule has 0 bridgehead atoms. The van der Waals surface area contributed by atoms with Crippen LogP contribution in [0.15, 0.2) is 12.2 Å². The van der Waals surface area contributed by atoms with E-state index < -0.39 is 11.6 Å². The molecular weight excluding hydrogens is 236 g/mol. The van der Waals surface area contributed by atoms with Gasteiger partial charge in [-0.3, -0.25) is 4.79 Å². The highest BCUT2D eigenvalue weighted by Crippen LogP contribution is 2.36. The maximum absolute atomic E-state index is 11.8. The van der Waals surface area contributed by atoms with E-state index in [1.165, 1.54) is 0 Å². The van der Waals surface area contributed by atoms with Crippen LogP contribution < -0.4 is 0 Å². The summed E-state index contributed by atoms with van der Waals surface area (Å²) in [6, 6.07) is 0. The van der Waals surface area contributed by atoms with Crippen molar-refractivity contribution in [1.82, 2.24) is 0 Å². The van der Waals surface area contributed by atoms with E-state index >= 15 is 0 Å². The van der Waals surface area contributed by atoms with E-state index in [1.807, 2.05) is 0 Å². The summed E-state index contributed by atoms with van der Waals surface area (Å²) in [5.41, 5.74) is -0.384. The standard InChI is InChI=1S/C13H18O5/c1-9(2)12(15)18-13(5-7-16-8-6-13)10-3-4-11(14)17-10/h10H,1,3-8H2,2H3. The highest BCUT2D eigenvalue weighted by atomic mass is 16.6. The van der Waals surface area contributed by atoms with Crippen molar-refractivity contribution < 1.29 is 23.8 Å². The van der Waals surface area contributed by atoms with Gasteiger partial charge in [0.1, 0.15) is 6.10 Å². The summed E-state index contributed by atoms with van der Waals surface area (Å²) in [5, 5.41) is 0. The van der Waals surface area contributed by atoms with E-state index in [0.717, 1.165) is 0 Å². The molecule has 18 heavy (non-hydrogen) atoms. The van der Waals surface area contributed by atoms with Gasteiger partial charge in [-0.05, 0) is 13.3 Å². The molecule has 0 N–H and O–H groups in total. The molecule has 2 saturated heterocycles. The number of cyclic esters (lactones) is 1. The zero-order valence-corrected chi connectivity index (χ0v) is 10.6. The van der Waals surface area contributed by atoms with Crippen LogP contribution >= 0.6 is 0 Å². The Bertz CT molecular complexity index is 368. The second-order valence-corrected chi connectivity index (χ2v) is 4.86. The van der Waals surface area contributed by atoms with Crippen molar-refractivity contribution in [2.45, 2.75) is 44.3 Å². The van der Waals surface area contributed by atoms with Gasteiger partial charge < -0.3 is 14.2 Å². The molecule has 100 valence electrons. The molecule has 5 heteroatoms. The molecule has 0 spiro atoms. The minimum absolute atomic E-state index is 0.225. The lowest BCUT2D eigenvalue weighted by atomic mass is 9.86. The van der Waals surface area contributed by atoms with Gasteiger partial charge in [0.05, 0.1) is 13.2 Å². The minimum Gasteiger partial charge on any atom is -0.458 e. The summed E-state index contributed by atoms with van der Waals surface area (Å²) in [5.74, 6) is -0.655. The molecule has 0 radical (unpaired) electrons. The highest BCUT2D eigenvalue weighted by Gasteiger charge is 2.48. The molecule has 2 aliphatic heterocycles. The van der Waals surface area contributed by atoms with Crippen molar-refractivity contribution in [3.63, 3.8) is 0 Å². The van der Waals surface area contributed by atoms with E-state index in [2.05, 4.69) is 6.58 Å². The zero-order valence-electron chi connectivity index (χ0n) is 10.6. The van der Waals surface area contributed by atoms with Gasteiger partial charge in [0.25, 0.3) is 0 Å². The SMILES string of the molecule is C=C(C)C(=O)OC1(C2CCC(=O)O2)CCOCC1. The van der Waals surface area contributed by atoms with E-state index in [0.29, 0.717) is 44.5 Å². The quantitative estimate of drug-likeness (QED) is 0.562. The number of carbonyl (C=O) groups is 2. The summed E-state index contributed by atoms with van der Waals surface area (Å²) in [7, 11) is 0. The molecule has 2 rings (SSSR count). The van der Waals surface area contributed by atoms with Crippen LogP contribution in [0, 0.1) is 0 Å². The Kier molecular flexibility index (Phi) is 3.71. The van der Waals surface area contributed by atoms with Crippen LogP contribution in [0.1, 0.15) is 32.6 Å². The molecule has 0 aromatic heterocycles. The number of rotatable bonds is 3. The van der Waals surface area contributed by atoms with Crippen molar-refractivity contribution in [3.8, 4) is 0 Å². The van der Waals surface area contributed by atoms with Gasteiger partial charge in [0, 0.05) is 24.8 Å². The van der Waals surface area contributed by atoms with E-state index in [-0.39, 0.29) is 12.1 Å². The predicted octanol–water partition coefficient (Wildman–Crippen LogP) is 1.36. The first kappa shape index (κ1) is 13.1. The lowest BCUT2D eigenvalue weighted by Crippen LogP contribution is -2.50. The second-order valence-electron chi connectivity index (χ2n) is 4.86. The average molecular weight is 254 g/mol. The summed E-state index contributed by atoms with van der Waals surface area (Å²) < 4.78 is 16.2. The summed E-state index contributed by atoms with van der Waals surface area (Å²) in [4.78, 5) is 23.0. The molecule has 1 unspecified atom stereocenters. The molecule has 0 aromatic rings. The van der Waals surface area contributed by atoms with Crippen LogP contribution in [-0.2, 0) is 23.8 Å². The Morgan fingerprint density at radius 3 is 2.61 bits per heavy atom. The Morgan fingerprint density at radius 2 is 2.11 bits per heavy atom. The maximum Gasteiger partial charge on any atom is 0.333 e. The van der Waals surface area contributed by atoms with Crippen LogP contribution in [0.2, 0.25) is 0 Å². The summed E-state index contributed by atoms with van der Waals surface area (Å²) in [6.45, 7) is 6.21. The van der Waals surface area contributed by atoms with Crippen LogP contribution in [0.25, 0.3) is 0 Å². The molecule has 0 aromatic carbocycles. The number of esters is 2. The second kappa shape index (κ2) is 5.10. The van der Waals surface area contributed by atoms with Crippen molar-refractivity contribution >= 4 is 11.9 Å². The lowest BCUT2D eigenvalue weighted by Gasteiger charge is -2.39. The Hall–Kier alpha value is -1.36. The van der Waals surface area contributed by atoms with Crippen LogP contribution in [-0.4, -0.2) is 36.9 Å². The fraction of sp³-hybridized carbons (Fsp3) is 0.692. The molecule has 2 fully saturated rings. The molecule has 5 nitrogen and oxygen atoms in total. The van der Waals surface area contributed by atoms with E-state index in [4.69, 9.17) is 14.2 Å². The van der Waals surface area contributed by atoms with Gasteiger partial charge in [0.2, 0.25) is 0 Å². The maximum atomic E-state index is 11.8. The average Bonchev–Trinajstić information content (AvgIpc) is 2.77. The first-order valence-electron chi connectivity index (χ1n) is 6.19. The summed E-state index contributed by atoms with van der Waals surface area (Å²) >= 11 is 0. The monoisotopic (exact) mass is 254 g/mol. The topological polar surface area (TPSA) is 61.8 Å². The Labute approximate surface area is 106 Å². The normalized spacial score (nSPS) is 26.5. The largest absolute Gasteiger partial charge is 0.458 e. The van der Waals surface area contributed by atoms with E-state index in [1.54, 1.807) is 6.92 Å². The van der Waals surface area contributed by atoms with Gasteiger partial charge in [-0.1, -0.05) is 6.58 Å². The van der Waals surface area contributed by atoms with Gasteiger partial charge >= 0.3 is 11.9 Å². The minimum atomic E-state index is -0.736. The van der Waals surface area contributed by atoms with Gasteiger partial charge in [-0.2, -0.15) is 0 Å². The van der Waals surface area contributed by atoms with Crippen LogP contribution in [0.5, 0.6) is 0 Å². The van der Waals surface area contributed by atoms with Crippen LogP contribution in [0.4, 0.5) is 0 Å². The smallest absolute Gasteiger partial charge is 0.333 e. The third kappa shape index (κ3) is 2.56. The molecule has 0 saturated carbocycles. The Morgan fingerprint density at radius 1 is 1.44 bits per heavy atom. The molecule has 0 amide bonds. The molecule has 0 aliphatic carbocycles. The fourth-order valence-electron chi connectivity index (χ4n) is 2.37. The first-order chi connectivity index (χ1) is 8.53. The van der Waals surface area contributed by atoms with E-state index in [9.17, 15) is 9.59 Å². The molecular formula is C13H18O5. The fourth-order valence-corrected chi connectivity index (χ4v) is 2.37. The highest BCUT2D eigenvalue weighted by molar-refractivity contribution is 5.87. The zero-order chi connectivity index (χ0) is 13.2. The molecule has 2 heterocycles. The third-order valence-electron chi connectivity index (χ3n) is 3.45. The van der Waals surface area contributed by atoms with Gasteiger partial charge in [0.15, 0.2) is 5.60 Å². The lowest BCUT2D eigenvalue weighted by molar-refractivity contribution is -0.190. The van der Waals surface area contributed by atoms with Crippen LogP contribution in [0.3, 0.4) is 0 Å². The van der Waals surface area contributed by atoms with Crippen molar-refractivity contribution in [3.05, 3.63) is 12.2 Å². The molecule has 2 aliphatic rings. The number of hydrogen-bond donors (Lipinski definition) is 0. The first-order valence-corrected chi connectivity index (χ1v) is 6.19. The number of ether oxygens (including phenoxy) is 3. The van der Waals surface area contributed by atoms with Gasteiger partial charge in [-0.15, -0.1) is 0 Å². The Balaban J connectivity index is 2.14. The van der Waals surface area contributed by atoms with Crippen molar-refractivity contribution in [1.29, 1.82) is 0 Å².